The predicted octanol–water partition coefficient (Wildman–Crippen LogP) is 1.90. The fourth-order valence-electron chi connectivity index (χ4n) is 0.952. The van der Waals surface area contributed by atoms with Crippen LogP contribution in [0.5, 0.6) is 5.75 Å². The van der Waals surface area contributed by atoms with Gasteiger partial charge >= 0.3 is 6.16 Å². The molecular formula is C9H10O4. The topological polar surface area (TPSA) is 66.8 Å². The Kier molecular flexibility index (Phi) is 2.74. The van der Waals surface area contributed by atoms with Crippen LogP contribution >= 0.6 is 0 Å². The van der Waals surface area contributed by atoms with Crippen molar-refractivity contribution in [2.45, 2.75) is 13.5 Å². The molecule has 0 saturated carbocycles. The molecule has 0 aliphatic heterocycles. The Bertz CT molecular complexity index is 319. The van der Waals surface area contributed by atoms with E-state index in [1.165, 1.54) is 6.07 Å². The lowest BCUT2D eigenvalue weighted by Crippen LogP contribution is -2.00. The van der Waals surface area contributed by atoms with Crippen LogP contribution in [0.15, 0.2) is 18.2 Å². The molecule has 0 heterocycles. The summed E-state index contributed by atoms with van der Waals surface area (Å²) < 4.78 is 4.36. The van der Waals surface area contributed by atoms with Gasteiger partial charge in [-0.3, -0.25) is 0 Å². The van der Waals surface area contributed by atoms with Crippen LogP contribution in [0.25, 0.3) is 0 Å². The van der Waals surface area contributed by atoms with E-state index in [0.29, 0.717) is 5.56 Å². The van der Waals surface area contributed by atoms with Gasteiger partial charge in [0.1, 0.15) is 12.4 Å². The Morgan fingerprint density at radius 3 is 2.77 bits per heavy atom. The molecule has 0 atom stereocenters. The van der Waals surface area contributed by atoms with Crippen molar-refractivity contribution < 1.29 is 19.7 Å². The van der Waals surface area contributed by atoms with Crippen molar-refractivity contribution in [2.75, 3.05) is 0 Å². The molecule has 0 aliphatic carbocycles. The number of rotatable bonds is 2. The molecule has 70 valence electrons. The molecule has 1 aromatic carbocycles. The summed E-state index contributed by atoms with van der Waals surface area (Å²) in [6.45, 7) is 1.75. The largest absolute Gasteiger partial charge is 0.508 e. The Balaban J connectivity index is 2.68. The third-order valence-corrected chi connectivity index (χ3v) is 1.62. The zero-order chi connectivity index (χ0) is 9.84. The van der Waals surface area contributed by atoms with Gasteiger partial charge in [0.05, 0.1) is 0 Å². The van der Waals surface area contributed by atoms with Gasteiger partial charge in [-0.15, -0.1) is 0 Å². The number of aryl methyl sites for hydroxylation is 1. The van der Waals surface area contributed by atoms with Gasteiger partial charge in [0.25, 0.3) is 0 Å². The standard InChI is InChI=1S/C9H10O4/c1-6-4-7(2-3-8(6)10)5-13-9(11)12/h2-4,10H,5H2,1H3,(H,11,12). The van der Waals surface area contributed by atoms with Crippen molar-refractivity contribution in [3.8, 4) is 5.75 Å². The summed E-state index contributed by atoms with van der Waals surface area (Å²) in [6, 6.07) is 4.80. The van der Waals surface area contributed by atoms with Crippen molar-refractivity contribution >= 4 is 6.16 Å². The van der Waals surface area contributed by atoms with E-state index in [1.807, 2.05) is 0 Å². The number of phenolic OH excluding ortho intramolecular Hbond substituents is 1. The van der Waals surface area contributed by atoms with Gasteiger partial charge in [-0.05, 0) is 30.2 Å². The Morgan fingerprint density at radius 2 is 2.23 bits per heavy atom. The van der Waals surface area contributed by atoms with Crippen LogP contribution in [0, 0.1) is 6.92 Å². The second-order valence-electron chi connectivity index (χ2n) is 2.68. The van der Waals surface area contributed by atoms with Gasteiger partial charge in [-0.1, -0.05) is 6.07 Å². The summed E-state index contributed by atoms with van der Waals surface area (Å²) >= 11 is 0. The molecule has 4 heteroatoms. The predicted molar refractivity (Wildman–Crippen MR) is 45.7 cm³/mol. The van der Waals surface area contributed by atoms with Gasteiger partial charge in [0, 0.05) is 0 Å². The molecule has 0 fully saturated rings. The van der Waals surface area contributed by atoms with Gasteiger partial charge < -0.3 is 14.9 Å². The van der Waals surface area contributed by atoms with Crippen molar-refractivity contribution in [2.24, 2.45) is 0 Å². The van der Waals surface area contributed by atoms with Crippen LogP contribution in [0.1, 0.15) is 11.1 Å². The van der Waals surface area contributed by atoms with Gasteiger partial charge in [0.2, 0.25) is 0 Å². The van der Waals surface area contributed by atoms with Gasteiger partial charge in [-0.2, -0.15) is 0 Å². The Morgan fingerprint density at radius 1 is 1.54 bits per heavy atom. The van der Waals surface area contributed by atoms with E-state index < -0.39 is 6.16 Å². The lowest BCUT2D eigenvalue weighted by Gasteiger charge is -2.03. The molecule has 0 saturated heterocycles. The summed E-state index contributed by atoms with van der Waals surface area (Å²) in [6.07, 6.45) is -1.30. The number of ether oxygens (including phenoxy) is 1. The number of aromatic hydroxyl groups is 1. The molecule has 0 aliphatic rings. The number of carbonyl (C=O) groups is 1. The highest BCUT2D eigenvalue weighted by molar-refractivity contribution is 5.56. The number of hydrogen-bond donors (Lipinski definition) is 2. The summed E-state index contributed by atoms with van der Waals surface area (Å²) in [5.41, 5.74) is 1.42. The molecule has 2 N–H and O–H groups in total. The third-order valence-electron chi connectivity index (χ3n) is 1.62. The van der Waals surface area contributed by atoms with E-state index in [2.05, 4.69) is 4.74 Å². The third kappa shape index (κ3) is 2.66. The molecule has 0 spiro atoms. The number of benzene rings is 1. The summed E-state index contributed by atoms with van der Waals surface area (Å²) in [5.74, 6) is 0.194. The van der Waals surface area contributed by atoms with E-state index in [-0.39, 0.29) is 12.4 Å². The zero-order valence-corrected chi connectivity index (χ0v) is 7.15. The fourth-order valence-corrected chi connectivity index (χ4v) is 0.952. The van der Waals surface area contributed by atoms with Crippen molar-refractivity contribution in [3.05, 3.63) is 29.3 Å². The number of carboxylic acid groups (broad SMARTS) is 1. The van der Waals surface area contributed by atoms with E-state index in [1.54, 1.807) is 19.1 Å². The van der Waals surface area contributed by atoms with E-state index in [0.717, 1.165) is 5.56 Å². The first-order valence-electron chi connectivity index (χ1n) is 3.74. The number of phenols is 1. The van der Waals surface area contributed by atoms with Crippen molar-refractivity contribution in [3.63, 3.8) is 0 Å². The second kappa shape index (κ2) is 3.80. The fraction of sp³-hybridized carbons (Fsp3) is 0.222. The first-order chi connectivity index (χ1) is 6.09. The molecular weight excluding hydrogens is 172 g/mol. The minimum absolute atomic E-state index is 0.0104. The van der Waals surface area contributed by atoms with Crippen LogP contribution in [0.4, 0.5) is 4.79 Å². The normalized spacial score (nSPS) is 9.62. The zero-order valence-electron chi connectivity index (χ0n) is 7.15. The highest BCUT2D eigenvalue weighted by atomic mass is 16.7. The molecule has 0 radical (unpaired) electrons. The minimum atomic E-state index is -1.30. The van der Waals surface area contributed by atoms with E-state index in [4.69, 9.17) is 10.2 Å². The van der Waals surface area contributed by atoms with Crippen LogP contribution < -0.4 is 0 Å². The van der Waals surface area contributed by atoms with Crippen LogP contribution in [0.3, 0.4) is 0 Å². The average molecular weight is 182 g/mol. The summed E-state index contributed by atoms with van der Waals surface area (Å²) in [7, 11) is 0. The van der Waals surface area contributed by atoms with Crippen LogP contribution in [-0.2, 0) is 11.3 Å². The molecule has 13 heavy (non-hydrogen) atoms. The molecule has 4 nitrogen and oxygen atoms in total. The monoisotopic (exact) mass is 182 g/mol. The maximum absolute atomic E-state index is 10.1. The van der Waals surface area contributed by atoms with Gasteiger partial charge in [0.15, 0.2) is 0 Å². The maximum Gasteiger partial charge on any atom is 0.506 e. The minimum Gasteiger partial charge on any atom is -0.508 e. The average Bonchev–Trinajstić information content (AvgIpc) is 2.07. The Hall–Kier alpha value is -1.71. The molecule has 1 aromatic rings. The van der Waals surface area contributed by atoms with E-state index >= 15 is 0 Å². The van der Waals surface area contributed by atoms with Crippen LogP contribution in [0.2, 0.25) is 0 Å². The lowest BCUT2D eigenvalue weighted by molar-refractivity contribution is 0.0853. The summed E-state index contributed by atoms with van der Waals surface area (Å²) in [4.78, 5) is 10.1. The highest BCUT2D eigenvalue weighted by Gasteiger charge is 2.00. The molecule has 0 amide bonds. The lowest BCUT2D eigenvalue weighted by atomic mass is 10.1. The first-order valence-corrected chi connectivity index (χ1v) is 3.74. The van der Waals surface area contributed by atoms with Gasteiger partial charge in [-0.25, -0.2) is 4.79 Å². The van der Waals surface area contributed by atoms with Crippen molar-refractivity contribution in [1.82, 2.24) is 0 Å². The quantitative estimate of drug-likeness (QED) is 0.685. The highest BCUT2D eigenvalue weighted by Crippen LogP contribution is 2.17. The number of hydrogen-bond acceptors (Lipinski definition) is 3. The summed E-state index contributed by atoms with van der Waals surface area (Å²) in [5, 5.41) is 17.4. The van der Waals surface area contributed by atoms with Crippen LogP contribution in [-0.4, -0.2) is 16.4 Å². The SMILES string of the molecule is Cc1cc(COC(=O)O)ccc1O. The van der Waals surface area contributed by atoms with Crippen molar-refractivity contribution in [1.29, 1.82) is 0 Å². The molecule has 0 bridgehead atoms. The second-order valence-corrected chi connectivity index (χ2v) is 2.68. The maximum atomic E-state index is 10.1. The Labute approximate surface area is 75.4 Å². The molecule has 0 aromatic heterocycles. The van der Waals surface area contributed by atoms with E-state index in [9.17, 15) is 4.79 Å². The first kappa shape index (κ1) is 9.38. The molecule has 1 rings (SSSR count). The molecule has 0 unspecified atom stereocenters. The smallest absolute Gasteiger partial charge is 0.506 e.